The van der Waals surface area contributed by atoms with Gasteiger partial charge in [0.05, 0.1) is 30.2 Å². The van der Waals surface area contributed by atoms with Crippen LogP contribution in [0.2, 0.25) is 0 Å². The number of thiophene rings is 1. The van der Waals surface area contributed by atoms with E-state index in [0.29, 0.717) is 28.6 Å². The molecule has 0 bridgehead atoms. The van der Waals surface area contributed by atoms with E-state index < -0.39 is 10.0 Å². The second-order valence-electron chi connectivity index (χ2n) is 5.74. The second kappa shape index (κ2) is 8.12. The van der Waals surface area contributed by atoms with Crippen LogP contribution in [0.1, 0.15) is 10.4 Å². The molecule has 9 heteroatoms. The first-order chi connectivity index (χ1) is 12.9. The van der Waals surface area contributed by atoms with Gasteiger partial charge in [0.15, 0.2) is 17.3 Å². The zero-order chi connectivity index (χ0) is 19.4. The number of rotatable bonds is 8. The van der Waals surface area contributed by atoms with Gasteiger partial charge in [0.2, 0.25) is 10.0 Å². The van der Waals surface area contributed by atoms with Crippen molar-refractivity contribution in [3.05, 3.63) is 47.0 Å². The first-order valence-corrected chi connectivity index (χ1v) is 10.5. The number of ether oxygens (including phenoxy) is 2. The average molecular weight is 409 g/mol. The number of nitrogens with zero attached hydrogens (tertiary/aromatic N) is 1. The van der Waals surface area contributed by atoms with Gasteiger partial charge in [-0.2, -0.15) is 0 Å². The Labute approximate surface area is 162 Å². The zero-order valence-electron chi connectivity index (χ0n) is 15.2. The van der Waals surface area contributed by atoms with Gasteiger partial charge in [-0.3, -0.25) is 0 Å². The van der Waals surface area contributed by atoms with Gasteiger partial charge in [0, 0.05) is 17.5 Å². The van der Waals surface area contributed by atoms with Crippen LogP contribution in [0.3, 0.4) is 0 Å². The molecule has 0 saturated carbocycles. The van der Waals surface area contributed by atoms with Crippen molar-refractivity contribution < 1.29 is 22.4 Å². The molecule has 144 valence electrons. The van der Waals surface area contributed by atoms with Gasteiger partial charge in [-0.05, 0) is 37.1 Å². The number of nitrogens with one attached hydrogen (secondary N) is 1. The van der Waals surface area contributed by atoms with Crippen molar-refractivity contribution in [1.29, 1.82) is 0 Å². The average Bonchev–Trinajstić information content (AvgIpc) is 3.31. The molecule has 0 aliphatic carbocycles. The summed E-state index contributed by atoms with van der Waals surface area (Å²) in [5.41, 5.74) is 0.944. The largest absolute Gasteiger partial charge is 0.493 e. The molecule has 3 rings (SSSR count). The summed E-state index contributed by atoms with van der Waals surface area (Å²) in [5.74, 6) is 1.80. The topological polar surface area (TPSA) is 90.7 Å². The lowest BCUT2D eigenvalue weighted by Gasteiger charge is -2.10. The van der Waals surface area contributed by atoms with Crippen LogP contribution in [0.25, 0.3) is 10.6 Å². The van der Waals surface area contributed by atoms with Crippen molar-refractivity contribution in [2.24, 2.45) is 0 Å². The highest BCUT2D eigenvalue weighted by molar-refractivity contribution is 7.89. The Balaban J connectivity index is 1.69. The summed E-state index contributed by atoms with van der Waals surface area (Å²) in [6.45, 7) is 2.04. The van der Waals surface area contributed by atoms with Gasteiger partial charge in [-0.15, -0.1) is 11.3 Å². The summed E-state index contributed by atoms with van der Waals surface area (Å²) in [6, 6.07) is 8.83. The highest BCUT2D eigenvalue weighted by Gasteiger charge is 2.21. The number of hydrogen-bond donors (Lipinski definition) is 1. The molecule has 0 amide bonds. The van der Waals surface area contributed by atoms with E-state index >= 15 is 0 Å². The molecule has 0 spiro atoms. The molecule has 2 heterocycles. The van der Waals surface area contributed by atoms with Crippen molar-refractivity contribution in [3.8, 4) is 22.1 Å². The molecule has 0 radical (unpaired) electrons. The van der Waals surface area contributed by atoms with Gasteiger partial charge < -0.3 is 14.0 Å². The Kier molecular flexibility index (Phi) is 5.83. The van der Waals surface area contributed by atoms with Crippen molar-refractivity contribution in [2.45, 2.75) is 18.2 Å². The maximum atomic E-state index is 12.7. The third kappa shape index (κ3) is 4.32. The number of aryl methyl sites for hydroxylation is 1. The summed E-state index contributed by atoms with van der Waals surface area (Å²) in [4.78, 5) is 1.68. The third-order valence-corrected chi connectivity index (χ3v) is 6.78. The number of benzene rings is 1. The molecule has 3 aromatic rings. The standard InChI is InChI=1S/C18H20N2O5S2/c1-12-18(11-17(26-12)15-7-8-19-25-15)27(21,22)20-9-6-13-4-5-14(23-2)16(10-13)24-3/h4-5,7-8,10-11,20H,6,9H2,1-3H3. The first kappa shape index (κ1) is 19.4. The summed E-state index contributed by atoms with van der Waals surface area (Å²) >= 11 is 1.35. The molecule has 0 unspecified atom stereocenters. The maximum Gasteiger partial charge on any atom is 0.241 e. The summed E-state index contributed by atoms with van der Waals surface area (Å²) < 4.78 is 43.5. The molecule has 1 N–H and O–H groups in total. The fourth-order valence-electron chi connectivity index (χ4n) is 2.64. The fourth-order valence-corrected chi connectivity index (χ4v) is 5.22. The van der Waals surface area contributed by atoms with Crippen LogP contribution in [-0.2, 0) is 16.4 Å². The molecule has 1 aromatic carbocycles. The van der Waals surface area contributed by atoms with Gasteiger partial charge in [0.25, 0.3) is 0 Å². The number of methoxy groups -OCH3 is 2. The maximum absolute atomic E-state index is 12.7. The molecule has 0 aliphatic heterocycles. The summed E-state index contributed by atoms with van der Waals surface area (Å²) in [6.07, 6.45) is 2.05. The highest BCUT2D eigenvalue weighted by Crippen LogP contribution is 2.33. The minimum atomic E-state index is -3.62. The SMILES string of the molecule is COc1ccc(CCNS(=O)(=O)c2cc(-c3ccno3)sc2C)cc1OC. The van der Waals surface area contributed by atoms with Crippen molar-refractivity contribution in [3.63, 3.8) is 0 Å². The summed E-state index contributed by atoms with van der Waals surface area (Å²) in [5, 5.41) is 3.66. The zero-order valence-corrected chi connectivity index (χ0v) is 16.8. The van der Waals surface area contributed by atoms with Gasteiger partial charge >= 0.3 is 0 Å². The van der Waals surface area contributed by atoms with Crippen LogP contribution in [0.15, 0.2) is 45.9 Å². The lowest BCUT2D eigenvalue weighted by atomic mass is 10.1. The third-order valence-electron chi connectivity index (χ3n) is 4.00. The monoisotopic (exact) mass is 408 g/mol. The van der Waals surface area contributed by atoms with E-state index in [4.69, 9.17) is 14.0 Å². The summed E-state index contributed by atoms with van der Waals surface area (Å²) in [7, 11) is -0.481. The Morgan fingerprint density at radius 2 is 1.93 bits per heavy atom. The second-order valence-corrected chi connectivity index (χ2v) is 8.74. The van der Waals surface area contributed by atoms with Crippen molar-refractivity contribution in [1.82, 2.24) is 9.88 Å². The molecule has 0 aliphatic rings. The Bertz CT molecular complexity index is 1010. The number of sulfonamides is 1. The fraction of sp³-hybridized carbons (Fsp3) is 0.278. The molecule has 0 atom stereocenters. The minimum absolute atomic E-state index is 0.256. The first-order valence-electron chi connectivity index (χ1n) is 8.16. The number of aromatic nitrogens is 1. The van der Waals surface area contributed by atoms with Crippen LogP contribution < -0.4 is 14.2 Å². The van der Waals surface area contributed by atoms with Crippen molar-refractivity contribution in [2.75, 3.05) is 20.8 Å². The van der Waals surface area contributed by atoms with Crippen LogP contribution in [0.5, 0.6) is 11.5 Å². The Morgan fingerprint density at radius 3 is 2.59 bits per heavy atom. The van der Waals surface area contributed by atoms with Crippen LogP contribution >= 0.6 is 11.3 Å². The number of hydrogen-bond acceptors (Lipinski definition) is 7. The lowest BCUT2D eigenvalue weighted by molar-refractivity contribution is 0.354. The minimum Gasteiger partial charge on any atom is -0.493 e. The van der Waals surface area contributed by atoms with Crippen LogP contribution in [0, 0.1) is 6.92 Å². The molecular weight excluding hydrogens is 388 g/mol. The molecule has 7 nitrogen and oxygen atoms in total. The van der Waals surface area contributed by atoms with E-state index in [-0.39, 0.29) is 11.4 Å². The molecular formula is C18H20N2O5S2. The highest BCUT2D eigenvalue weighted by atomic mass is 32.2. The van der Waals surface area contributed by atoms with Crippen molar-refractivity contribution >= 4 is 21.4 Å². The smallest absolute Gasteiger partial charge is 0.241 e. The lowest BCUT2D eigenvalue weighted by Crippen LogP contribution is -2.26. The van der Waals surface area contributed by atoms with Gasteiger partial charge in [-0.25, -0.2) is 13.1 Å². The molecule has 2 aromatic heterocycles. The van der Waals surface area contributed by atoms with E-state index in [0.717, 1.165) is 10.4 Å². The van der Waals surface area contributed by atoms with E-state index in [9.17, 15) is 8.42 Å². The predicted molar refractivity (Wildman–Crippen MR) is 103 cm³/mol. The Hall–Kier alpha value is -2.36. The van der Waals surface area contributed by atoms with Crippen LogP contribution in [-0.4, -0.2) is 34.3 Å². The Morgan fingerprint density at radius 1 is 1.15 bits per heavy atom. The van der Waals surface area contributed by atoms with E-state index in [2.05, 4.69) is 9.88 Å². The van der Waals surface area contributed by atoms with Crippen LogP contribution in [0.4, 0.5) is 0 Å². The van der Waals surface area contributed by atoms with Gasteiger partial charge in [0.1, 0.15) is 0 Å². The predicted octanol–water partition coefficient (Wildman–Crippen LogP) is 3.25. The normalized spacial score (nSPS) is 11.5. The van der Waals surface area contributed by atoms with E-state index in [1.165, 1.54) is 17.5 Å². The molecule has 27 heavy (non-hydrogen) atoms. The molecule has 0 fully saturated rings. The van der Waals surface area contributed by atoms with E-state index in [1.807, 2.05) is 12.1 Å². The van der Waals surface area contributed by atoms with Gasteiger partial charge in [-0.1, -0.05) is 11.2 Å². The van der Waals surface area contributed by atoms with E-state index in [1.54, 1.807) is 39.3 Å². The molecule has 0 saturated heterocycles. The quantitative estimate of drug-likeness (QED) is 0.615.